The number of amides is 1. The lowest BCUT2D eigenvalue weighted by atomic mass is 9.97. The van der Waals surface area contributed by atoms with Gasteiger partial charge >= 0.3 is 6.09 Å². The van der Waals surface area contributed by atoms with Gasteiger partial charge in [0, 0.05) is 25.2 Å². The van der Waals surface area contributed by atoms with E-state index in [1.807, 2.05) is 20.8 Å². The van der Waals surface area contributed by atoms with Crippen molar-refractivity contribution in [3.05, 3.63) is 39.9 Å². The van der Waals surface area contributed by atoms with Crippen LogP contribution in [0.2, 0.25) is 0 Å². The second kappa shape index (κ2) is 8.98. The van der Waals surface area contributed by atoms with Gasteiger partial charge in [-0.25, -0.2) is 4.79 Å². The fourth-order valence-electron chi connectivity index (χ4n) is 2.97. The maximum absolute atomic E-state index is 12.0. The van der Waals surface area contributed by atoms with Crippen molar-refractivity contribution in [2.75, 3.05) is 26.2 Å². The summed E-state index contributed by atoms with van der Waals surface area (Å²) in [5, 5.41) is 14.1. The molecular formula is C19H29N3O4. The van der Waals surface area contributed by atoms with E-state index in [1.54, 1.807) is 29.2 Å². The second-order valence-electron chi connectivity index (χ2n) is 7.79. The Morgan fingerprint density at radius 1 is 1.27 bits per heavy atom. The topological polar surface area (TPSA) is 84.7 Å². The number of hydrogen-bond acceptors (Lipinski definition) is 5. The van der Waals surface area contributed by atoms with E-state index in [9.17, 15) is 14.9 Å². The largest absolute Gasteiger partial charge is 0.444 e. The molecule has 26 heavy (non-hydrogen) atoms. The lowest BCUT2D eigenvalue weighted by Gasteiger charge is -2.33. The molecule has 1 aromatic carbocycles. The molecule has 144 valence electrons. The van der Waals surface area contributed by atoms with Crippen LogP contribution in [0.15, 0.2) is 24.3 Å². The number of ether oxygens (including phenoxy) is 1. The summed E-state index contributed by atoms with van der Waals surface area (Å²) in [4.78, 5) is 24.1. The lowest BCUT2D eigenvalue weighted by Crippen LogP contribution is -2.43. The third-order valence-electron chi connectivity index (χ3n) is 4.44. The predicted octanol–water partition coefficient (Wildman–Crippen LogP) is 3.37. The maximum atomic E-state index is 12.0. The Morgan fingerprint density at radius 3 is 2.42 bits per heavy atom. The number of hydrogen-bond donors (Lipinski definition) is 1. The highest BCUT2D eigenvalue weighted by atomic mass is 16.6. The van der Waals surface area contributed by atoms with Crippen LogP contribution >= 0.6 is 0 Å². The molecule has 0 spiro atoms. The van der Waals surface area contributed by atoms with Gasteiger partial charge in [0.25, 0.3) is 5.69 Å². The monoisotopic (exact) mass is 363 g/mol. The summed E-state index contributed by atoms with van der Waals surface area (Å²) in [5.41, 5.74) is 0.759. The van der Waals surface area contributed by atoms with Gasteiger partial charge in [-0.3, -0.25) is 10.1 Å². The number of benzene rings is 1. The fourth-order valence-corrected chi connectivity index (χ4v) is 2.97. The van der Waals surface area contributed by atoms with E-state index in [2.05, 4.69) is 5.32 Å². The Morgan fingerprint density at radius 2 is 1.88 bits per heavy atom. The van der Waals surface area contributed by atoms with Crippen LogP contribution in [0.3, 0.4) is 0 Å². The first kappa shape index (κ1) is 20.2. The smallest absolute Gasteiger partial charge is 0.410 e. The van der Waals surface area contributed by atoms with E-state index in [1.165, 1.54) is 0 Å². The predicted molar refractivity (Wildman–Crippen MR) is 100 cm³/mol. The minimum absolute atomic E-state index is 0.124. The number of nitro benzene ring substituents is 1. The van der Waals surface area contributed by atoms with E-state index < -0.39 is 5.60 Å². The van der Waals surface area contributed by atoms with Crippen LogP contribution in [0.4, 0.5) is 10.5 Å². The van der Waals surface area contributed by atoms with Crippen molar-refractivity contribution >= 4 is 11.8 Å². The minimum atomic E-state index is -0.451. The molecule has 1 amide bonds. The Labute approximate surface area is 154 Å². The van der Waals surface area contributed by atoms with Crippen LogP contribution in [0.1, 0.15) is 39.2 Å². The molecule has 1 aliphatic heterocycles. The van der Waals surface area contributed by atoms with E-state index in [-0.39, 0.29) is 16.7 Å². The Balaban J connectivity index is 1.63. The molecule has 0 bridgehead atoms. The van der Waals surface area contributed by atoms with Gasteiger partial charge in [0.05, 0.1) is 4.92 Å². The van der Waals surface area contributed by atoms with Gasteiger partial charge in [0.1, 0.15) is 5.60 Å². The third kappa shape index (κ3) is 6.63. The fraction of sp³-hybridized carbons (Fsp3) is 0.632. The number of rotatable bonds is 6. The number of nitrogens with zero attached hydrogens (tertiary/aromatic N) is 2. The normalized spacial score (nSPS) is 15.7. The summed E-state index contributed by atoms with van der Waals surface area (Å²) < 4.78 is 5.41. The molecular weight excluding hydrogens is 334 g/mol. The van der Waals surface area contributed by atoms with Crippen LogP contribution in [-0.4, -0.2) is 47.7 Å². The van der Waals surface area contributed by atoms with Crippen molar-refractivity contribution in [3.63, 3.8) is 0 Å². The molecule has 0 saturated carbocycles. The van der Waals surface area contributed by atoms with Gasteiger partial charge in [0.15, 0.2) is 0 Å². The van der Waals surface area contributed by atoms with Gasteiger partial charge in [-0.15, -0.1) is 0 Å². The Bertz CT molecular complexity index is 602. The van der Waals surface area contributed by atoms with Gasteiger partial charge in [-0.05, 0) is 64.6 Å². The zero-order valence-corrected chi connectivity index (χ0v) is 15.9. The number of nitrogens with one attached hydrogen (secondary N) is 1. The standard InChI is InChI=1S/C19H29N3O4/c1-19(2,3)26-18(23)21-12-9-16(10-13-21)14-20-11-8-15-4-6-17(7-5-15)22(24)25/h4-7,16,20H,8-14H2,1-3H3. The summed E-state index contributed by atoms with van der Waals surface area (Å²) in [6, 6.07) is 6.70. The SMILES string of the molecule is CC(C)(C)OC(=O)N1CCC(CNCCc2ccc([N+](=O)[O-])cc2)CC1. The lowest BCUT2D eigenvalue weighted by molar-refractivity contribution is -0.384. The highest BCUT2D eigenvalue weighted by Crippen LogP contribution is 2.19. The van der Waals surface area contributed by atoms with Gasteiger partial charge < -0.3 is 15.0 Å². The first-order chi connectivity index (χ1) is 12.2. The number of piperidine rings is 1. The van der Waals surface area contributed by atoms with Crippen molar-refractivity contribution in [1.82, 2.24) is 10.2 Å². The summed E-state index contributed by atoms with van der Waals surface area (Å²) >= 11 is 0. The summed E-state index contributed by atoms with van der Waals surface area (Å²) in [5.74, 6) is 0.561. The van der Waals surface area contributed by atoms with Crippen LogP contribution in [0.25, 0.3) is 0 Å². The maximum Gasteiger partial charge on any atom is 0.410 e. The van der Waals surface area contributed by atoms with Crippen molar-refractivity contribution in [3.8, 4) is 0 Å². The van der Waals surface area contributed by atoms with E-state index >= 15 is 0 Å². The first-order valence-corrected chi connectivity index (χ1v) is 9.16. The highest BCUT2D eigenvalue weighted by molar-refractivity contribution is 5.68. The molecule has 0 aromatic heterocycles. The van der Waals surface area contributed by atoms with Crippen molar-refractivity contribution in [1.29, 1.82) is 0 Å². The molecule has 1 saturated heterocycles. The minimum Gasteiger partial charge on any atom is -0.444 e. The molecule has 1 heterocycles. The Hall–Kier alpha value is -2.15. The number of nitro groups is 1. The molecule has 0 atom stereocenters. The number of carbonyl (C=O) groups excluding carboxylic acids is 1. The highest BCUT2D eigenvalue weighted by Gasteiger charge is 2.26. The average molecular weight is 363 g/mol. The van der Waals surface area contributed by atoms with E-state index in [0.717, 1.165) is 51.0 Å². The van der Waals surface area contributed by atoms with Gasteiger partial charge in [-0.1, -0.05) is 12.1 Å². The quantitative estimate of drug-likeness (QED) is 0.476. The first-order valence-electron chi connectivity index (χ1n) is 9.16. The number of non-ortho nitro benzene ring substituents is 1. The molecule has 0 unspecified atom stereocenters. The summed E-state index contributed by atoms with van der Waals surface area (Å²) in [6.45, 7) is 8.89. The van der Waals surface area contributed by atoms with E-state index in [4.69, 9.17) is 4.74 Å². The summed E-state index contributed by atoms with van der Waals surface area (Å²) in [7, 11) is 0. The van der Waals surface area contributed by atoms with Gasteiger partial charge in [-0.2, -0.15) is 0 Å². The van der Waals surface area contributed by atoms with Crippen LogP contribution < -0.4 is 5.32 Å². The molecule has 2 rings (SSSR count). The molecule has 1 aromatic rings. The van der Waals surface area contributed by atoms with Gasteiger partial charge in [0.2, 0.25) is 0 Å². The molecule has 1 fully saturated rings. The number of carbonyl (C=O) groups is 1. The van der Waals surface area contributed by atoms with E-state index in [0.29, 0.717) is 5.92 Å². The number of likely N-dealkylation sites (tertiary alicyclic amines) is 1. The zero-order chi connectivity index (χ0) is 19.2. The molecule has 7 nitrogen and oxygen atoms in total. The van der Waals surface area contributed by atoms with Crippen molar-refractivity contribution in [2.45, 2.75) is 45.6 Å². The molecule has 7 heteroatoms. The molecule has 1 N–H and O–H groups in total. The van der Waals surface area contributed by atoms with Crippen molar-refractivity contribution in [2.24, 2.45) is 5.92 Å². The summed E-state index contributed by atoms with van der Waals surface area (Å²) in [6.07, 6.45) is 2.57. The molecule has 0 radical (unpaired) electrons. The second-order valence-corrected chi connectivity index (χ2v) is 7.79. The zero-order valence-electron chi connectivity index (χ0n) is 15.9. The Kier molecular flexibility index (Phi) is 6.97. The van der Waals surface area contributed by atoms with Crippen LogP contribution in [0, 0.1) is 16.0 Å². The third-order valence-corrected chi connectivity index (χ3v) is 4.44. The molecule has 0 aliphatic carbocycles. The molecule has 1 aliphatic rings. The van der Waals surface area contributed by atoms with Crippen LogP contribution in [0.5, 0.6) is 0 Å². The van der Waals surface area contributed by atoms with Crippen molar-refractivity contribution < 1.29 is 14.5 Å². The average Bonchev–Trinajstić information content (AvgIpc) is 2.58. The van der Waals surface area contributed by atoms with Crippen LogP contribution in [-0.2, 0) is 11.2 Å².